The Morgan fingerprint density at radius 3 is 2.82 bits per heavy atom. The van der Waals surface area contributed by atoms with Gasteiger partial charge in [-0.3, -0.25) is 9.36 Å². The first-order valence-electron chi connectivity index (χ1n) is 6.63. The number of ether oxygens (including phenoxy) is 1. The molecule has 8 nitrogen and oxygen atoms in total. The Hall–Kier alpha value is -2.13. The lowest BCUT2D eigenvalue weighted by Crippen LogP contribution is -2.25. The Kier molecular flexibility index (Phi) is 3.53. The zero-order chi connectivity index (χ0) is 15.9. The molecule has 0 radical (unpaired) electrons. The monoisotopic (exact) mass is 326 g/mol. The van der Waals surface area contributed by atoms with Gasteiger partial charge in [-0.1, -0.05) is 0 Å². The molecule has 118 valence electrons. The largest absolute Gasteiger partial charge is 0.468 e. The molecule has 1 fully saturated rings. The highest BCUT2D eigenvalue weighted by molar-refractivity contribution is 7.89. The summed E-state index contributed by atoms with van der Waals surface area (Å²) in [5, 5.41) is 0. The molecule has 1 heterocycles. The third-order valence-electron chi connectivity index (χ3n) is 3.36. The normalized spacial score (nSPS) is 15.1. The molecular formula is C13H14N2O6S. The van der Waals surface area contributed by atoms with Crippen LogP contribution in [0.2, 0.25) is 0 Å². The number of nitrogens with zero attached hydrogens (tertiary/aromatic N) is 1. The number of benzene rings is 1. The van der Waals surface area contributed by atoms with Crippen molar-refractivity contribution >= 4 is 27.1 Å². The first kappa shape index (κ1) is 14.8. The lowest BCUT2D eigenvalue weighted by Gasteiger charge is -2.05. The zero-order valence-corrected chi connectivity index (χ0v) is 12.6. The Labute approximate surface area is 125 Å². The van der Waals surface area contributed by atoms with Crippen LogP contribution in [0.4, 0.5) is 0 Å². The van der Waals surface area contributed by atoms with Gasteiger partial charge in [0.15, 0.2) is 5.58 Å². The number of hydrogen-bond acceptors (Lipinski definition) is 6. The van der Waals surface area contributed by atoms with Gasteiger partial charge >= 0.3 is 11.7 Å². The number of hydrogen-bond donors (Lipinski definition) is 1. The number of sulfonamides is 1. The van der Waals surface area contributed by atoms with Gasteiger partial charge in [0.2, 0.25) is 10.0 Å². The third kappa shape index (κ3) is 2.77. The maximum atomic E-state index is 12.1. The van der Waals surface area contributed by atoms with E-state index in [1.165, 1.54) is 25.3 Å². The molecule has 22 heavy (non-hydrogen) atoms. The highest BCUT2D eigenvalue weighted by atomic mass is 32.2. The second-order valence-corrected chi connectivity index (χ2v) is 6.77. The summed E-state index contributed by atoms with van der Waals surface area (Å²) < 4.78 is 37.4. The van der Waals surface area contributed by atoms with Crippen LogP contribution < -0.4 is 10.5 Å². The molecule has 9 heteroatoms. The van der Waals surface area contributed by atoms with Gasteiger partial charge in [0.05, 0.1) is 17.5 Å². The van der Waals surface area contributed by atoms with Crippen LogP contribution in [0, 0.1) is 0 Å². The molecule has 0 spiro atoms. The highest BCUT2D eigenvalue weighted by Gasteiger charge is 2.28. The van der Waals surface area contributed by atoms with Gasteiger partial charge in [-0.2, -0.15) is 0 Å². The van der Waals surface area contributed by atoms with E-state index in [4.69, 9.17) is 4.42 Å². The summed E-state index contributed by atoms with van der Waals surface area (Å²) in [5.74, 6) is -1.35. The van der Waals surface area contributed by atoms with Gasteiger partial charge in [0, 0.05) is 12.1 Å². The van der Waals surface area contributed by atoms with Gasteiger partial charge in [-0.05, 0) is 25.0 Å². The van der Waals surface area contributed by atoms with Crippen molar-refractivity contribution in [1.82, 2.24) is 9.29 Å². The number of esters is 1. The number of rotatable bonds is 5. The second kappa shape index (κ2) is 5.25. The molecule has 0 aliphatic heterocycles. The van der Waals surface area contributed by atoms with Crippen molar-refractivity contribution in [3.05, 3.63) is 28.7 Å². The Morgan fingerprint density at radius 2 is 2.18 bits per heavy atom. The minimum Gasteiger partial charge on any atom is -0.468 e. The summed E-state index contributed by atoms with van der Waals surface area (Å²) in [5.41, 5.74) is 0.438. The number of aromatic nitrogens is 1. The van der Waals surface area contributed by atoms with Crippen LogP contribution in [0.15, 0.2) is 32.3 Å². The molecule has 1 aromatic heterocycles. The standard InChI is InChI=1S/C13H14N2O6S/c1-20-12(16)7-15-10-5-4-9(6-11(10)21-13(15)17)22(18,19)14-8-2-3-8/h4-6,8,14H,2-3,7H2,1H3. The molecule has 1 N–H and O–H groups in total. The lowest BCUT2D eigenvalue weighted by atomic mass is 10.3. The van der Waals surface area contributed by atoms with Crippen LogP contribution in [0.25, 0.3) is 11.1 Å². The quantitative estimate of drug-likeness (QED) is 0.787. The van der Waals surface area contributed by atoms with E-state index < -0.39 is 21.7 Å². The number of carbonyl (C=O) groups is 1. The van der Waals surface area contributed by atoms with Crippen LogP contribution in [0.1, 0.15) is 12.8 Å². The minimum atomic E-state index is -3.63. The van der Waals surface area contributed by atoms with E-state index in [9.17, 15) is 18.0 Å². The lowest BCUT2D eigenvalue weighted by molar-refractivity contribution is -0.141. The minimum absolute atomic E-state index is 0.0170. The summed E-state index contributed by atoms with van der Waals surface area (Å²) in [7, 11) is -2.42. The first-order chi connectivity index (χ1) is 10.4. The molecule has 0 bridgehead atoms. The number of nitrogens with one attached hydrogen (secondary N) is 1. The highest BCUT2D eigenvalue weighted by Crippen LogP contribution is 2.24. The van der Waals surface area contributed by atoms with Crippen molar-refractivity contribution in [2.75, 3.05) is 7.11 Å². The van der Waals surface area contributed by atoms with Gasteiger partial charge in [-0.25, -0.2) is 17.9 Å². The van der Waals surface area contributed by atoms with E-state index in [1.807, 2.05) is 0 Å². The number of methoxy groups -OCH3 is 1. The van der Waals surface area contributed by atoms with Crippen LogP contribution in [-0.4, -0.2) is 32.1 Å². The SMILES string of the molecule is COC(=O)Cn1c(=O)oc2cc(S(=O)(=O)NC3CC3)ccc21. The van der Waals surface area contributed by atoms with Gasteiger partial charge in [0.25, 0.3) is 0 Å². The van der Waals surface area contributed by atoms with Crippen molar-refractivity contribution in [2.45, 2.75) is 30.3 Å². The van der Waals surface area contributed by atoms with Crippen LogP contribution in [0.5, 0.6) is 0 Å². The van der Waals surface area contributed by atoms with E-state index >= 15 is 0 Å². The summed E-state index contributed by atoms with van der Waals surface area (Å²) in [6.45, 7) is -0.297. The Bertz CT molecular complexity index is 891. The van der Waals surface area contributed by atoms with E-state index in [2.05, 4.69) is 9.46 Å². The molecule has 0 amide bonds. The van der Waals surface area contributed by atoms with E-state index in [0.29, 0.717) is 5.52 Å². The van der Waals surface area contributed by atoms with Gasteiger partial charge < -0.3 is 9.15 Å². The van der Waals surface area contributed by atoms with Crippen LogP contribution in [-0.2, 0) is 26.1 Å². The smallest absolute Gasteiger partial charge is 0.420 e. The van der Waals surface area contributed by atoms with Crippen molar-refractivity contribution < 1.29 is 22.4 Å². The van der Waals surface area contributed by atoms with E-state index in [-0.39, 0.29) is 23.1 Å². The number of oxazole rings is 1. The molecule has 3 rings (SSSR count). The van der Waals surface area contributed by atoms with Gasteiger partial charge in [0.1, 0.15) is 6.54 Å². The fraction of sp³-hybridized carbons (Fsp3) is 0.385. The summed E-state index contributed by atoms with van der Waals surface area (Å²) in [6, 6.07) is 4.06. The Balaban J connectivity index is 2.01. The van der Waals surface area contributed by atoms with E-state index in [0.717, 1.165) is 17.4 Å². The molecular weight excluding hydrogens is 312 g/mol. The molecule has 0 unspecified atom stereocenters. The van der Waals surface area contributed by atoms with Crippen LogP contribution >= 0.6 is 0 Å². The molecule has 1 aliphatic rings. The predicted molar refractivity (Wildman–Crippen MR) is 75.8 cm³/mol. The molecule has 0 saturated heterocycles. The van der Waals surface area contributed by atoms with Crippen molar-refractivity contribution in [2.24, 2.45) is 0 Å². The number of carbonyl (C=O) groups excluding carboxylic acids is 1. The first-order valence-corrected chi connectivity index (χ1v) is 8.11. The van der Waals surface area contributed by atoms with Crippen LogP contribution in [0.3, 0.4) is 0 Å². The summed E-state index contributed by atoms with van der Waals surface area (Å²) in [6.07, 6.45) is 1.65. The summed E-state index contributed by atoms with van der Waals surface area (Å²) in [4.78, 5) is 23.1. The average Bonchev–Trinajstić information content (AvgIpc) is 3.22. The maximum absolute atomic E-state index is 12.1. The predicted octanol–water partition coefficient (Wildman–Crippen LogP) is 0.208. The van der Waals surface area contributed by atoms with Crippen molar-refractivity contribution in [3.63, 3.8) is 0 Å². The second-order valence-electron chi connectivity index (χ2n) is 5.06. The molecule has 1 aliphatic carbocycles. The average molecular weight is 326 g/mol. The molecule has 1 saturated carbocycles. The van der Waals surface area contributed by atoms with Gasteiger partial charge in [-0.15, -0.1) is 0 Å². The Morgan fingerprint density at radius 1 is 1.45 bits per heavy atom. The van der Waals surface area contributed by atoms with E-state index in [1.54, 1.807) is 0 Å². The topological polar surface area (TPSA) is 108 Å². The third-order valence-corrected chi connectivity index (χ3v) is 4.88. The van der Waals surface area contributed by atoms with Crippen molar-refractivity contribution in [1.29, 1.82) is 0 Å². The molecule has 2 aromatic rings. The fourth-order valence-electron chi connectivity index (χ4n) is 2.05. The number of fused-ring (bicyclic) bond motifs is 1. The molecule has 0 atom stereocenters. The maximum Gasteiger partial charge on any atom is 0.420 e. The molecule has 1 aromatic carbocycles. The summed E-state index contributed by atoms with van der Waals surface area (Å²) >= 11 is 0. The zero-order valence-electron chi connectivity index (χ0n) is 11.7. The van der Waals surface area contributed by atoms with Crippen molar-refractivity contribution in [3.8, 4) is 0 Å². The fourth-order valence-corrected chi connectivity index (χ4v) is 3.37.